The standard InChI is InChI=1S/C52H65NO6S2/c1-10-11-12-15-42-43-25-19-37-32-34(2)16-24-40(37)48(43)51(6,7)44(42)27-20-35-17-18-36(47(35)50(3,4)5)22-29-46-52(8,9)49-41-26-23-39(61(57,58)59)33-38(41)21-28-45(49)53(46)30-13-14-31-60(54,55)56/h16,19-29,32-33,42,46H,10-15,17-18,30-31H2,1-9H3,(H,54,55,56)(H,57,58,59)/b29-22+,35-20+,44-27-. The van der Waals surface area contributed by atoms with Crippen LogP contribution in [0.25, 0.3) is 21.5 Å². The molecule has 0 bridgehead atoms. The summed E-state index contributed by atoms with van der Waals surface area (Å²) in [7, 11) is -8.45. The van der Waals surface area contributed by atoms with Gasteiger partial charge in [-0.3, -0.25) is 9.11 Å². The SMILES string of the molecule is CCCCCC1/C(=C/C=C2\CCC(/C=C/C3N(CCCCS(=O)(=O)O)c4ccc5cc(S(=O)(=O)O)ccc5c4C3(C)C)=C2C(C)(C)C)C(C)(C)c2c1ccc1cc(C)ccc21. The molecule has 0 amide bonds. The van der Waals surface area contributed by atoms with E-state index in [1.807, 2.05) is 12.1 Å². The van der Waals surface area contributed by atoms with Crippen molar-refractivity contribution in [1.82, 2.24) is 0 Å². The van der Waals surface area contributed by atoms with E-state index in [9.17, 15) is 25.9 Å². The highest BCUT2D eigenvalue weighted by Gasteiger charge is 2.45. The van der Waals surface area contributed by atoms with E-state index in [2.05, 4.69) is 122 Å². The molecule has 3 aliphatic rings. The summed E-state index contributed by atoms with van der Waals surface area (Å²) in [6, 6.07) is 20.2. The second-order valence-electron chi connectivity index (χ2n) is 19.9. The average molecular weight is 864 g/mol. The van der Waals surface area contributed by atoms with Crippen molar-refractivity contribution in [2.75, 3.05) is 17.2 Å². The maximum atomic E-state index is 12.1. The highest BCUT2D eigenvalue weighted by Crippen LogP contribution is 2.55. The molecule has 61 heavy (non-hydrogen) atoms. The summed E-state index contributed by atoms with van der Waals surface area (Å²) in [6.45, 7) is 21.2. The first-order valence-electron chi connectivity index (χ1n) is 22.2. The first-order chi connectivity index (χ1) is 28.5. The van der Waals surface area contributed by atoms with Crippen LogP contribution in [0.15, 0.2) is 112 Å². The van der Waals surface area contributed by atoms with Crippen molar-refractivity contribution in [3.05, 3.63) is 130 Å². The molecule has 7 nitrogen and oxygen atoms in total. The summed E-state index contributed by atoms with van der Waals surface area (Å²) < 4.78 is 66.6. The number of hydrogen-bond donors (Lipinski definition) is 2. The second kappa shape index (κ2) is 16.6. The fourth-order valence-corrected chi connectivity index (χ4v) is 12.2. The van der Waals surface area contributed by atoms with Gasteiger partial charge >= 0.3 is 0 Å². The van der Waals surface area contributed by atoms with E-state index in [0.29, 0.717) is 25.3 Å². The number of fused-ring (bicyclic) bond motifs is 6. The summed E-state index contributed by atoms with van der Waals surface area (Å²) in [5.41, 5.74) is 11.3. The van der Waals surface area contributed by atoms with Crippen LogP contribution in [0.2, 0.25) is 0 Å². The number of hydrogen-bond acceptors (Lipinski definition) is 5. The van der Waals surface area contributed by atoms with Crippen molar-refractivity contribution >= 4 is 47.5 Å². The Morgan fingerprint density at radius 2 is 1.49 bits per heavy atom. The molecule has 2 aliphatic carbocycles. The molecule has 0 fully saturated rings. The minimum absolute atomic E-state index is 0.0933. The van der Waals surface area contributed by atoms with Crippen LogP contribution < -0.4 is 4.90 Å². The lowest BCUT2D eigenvalue weighted by molar-refractivity contribution is 0.467. The van der Waals surface area contributed by atoms with E-state index in [-0.39, 0.29) is 27.5 Å². The lowest BCUT2D eigenvalue weighted by Gasteiger charge is -2.33. The normalized spacial score (nSPS) is 21.5. The van der Waals surface area contributed by atoms with Gasteiger partial charge in [0.2, 0.25) is 0 Å². The molecule has 2 N–H and O–H groups in total. The van der Waals surface area contributed by atoms with Crippen LogP contribution in [0.1, 0.15) is 135 Å². The zero-order valence-electron chi connectivity index (χ0n) is 37.6. The predicted octanol–water partition coefficient (Wildman–Crippen LogP) is 12.9. The molecule has 0 saturated carbocycles. The maximum Gasteiger partial charge on any atom is 0.294 e. The third-order valence-corrected chi connectivity index (χ3v) is 15.4. The summed E-state index contributed by atoms with van der Waals surface area (Å²) in [6.07, 6.45) is 17.1. The van der Waals surface area contributed by atoms with Crippen molar-refractivity contribution in [1.29, 1.82) is 0 Å². The number of rotatable bonds is 13. The molecular weight excluding hydrogens is 799 g/mol. The fourth-order valence-electron chi connectivity index (χ4n) is 11.1. The number of allylic oxidation sites excluding steroid dienone is 7. The molecule has 4 aromatic rings. The Hall–Kier alpha value is -4.02. The largest absolute Gasteiger partial charge is 0.364 e. The smallest absolute Gasteiger partial charge is 0.294 e. The molecule has 9 heteroatoms. The number of nitrogens with zero attached hydrogens (tertiary/aromatic N) is 1. The Balaban J connectivity index is 1.28. The van der Waals surface area contributed by atoms with Crippen molar-refractivity contribution < 1.29 is 25.9 Å². The molecule has 0 spiro atoms. The van der Waals surface area contributed by atoms with Crippen LogP contribution in [0.4, 0.5) is 5.69 Å². The third-order valence-electron chi connectivity index (χ3n) is 13.7. The van der Waals surface area contributed by atoms with Crippen molar-refractivity contribution in [2.24, 2.45) is 5.41 Å². The summed E-state index contributed by atoms with van der Waals surface area (Å²) in [5.74, 6) is 0.0900. The minimum Gasteiger partial charge on any atom is -0.364 e. The van der Waals surface area contributed by atoms with Crippen LogP contribution in [0.3, 0.4) is 0 Å². The Bertz CT molecular complexity index is 2730. The van der Waals surface area contributed by atoms with E-state index in [1.54, 1.807) is 6.07 Å². The van der Waals surface area contributed by atoms with Crippen LogP contribution >= 0.6 is 0 Å². The van der Waals surface area contributed by atoms with E-state index in [4.69, 9.17) is 0 Å². The molecule has 2 atom stereocenters. The first-order valence-corrected chi connectivity index (χ1v) is 25.2. The van der Waals surface area contributed by atoms with E-state index in [0.717, 1.165) is 41.3 Å². The molecule has 7 rings (SSSR count). The Labute approximate surface area is 365 Å². The van der Waals surface area contributed by atoms with E-state index < -0.39 is 25.7 Å². The molecular formula is C52H65NO6S2. The van der Waals surface area contributed by atoms with Gasteiger partial charge in [-0.1, -0.05) is 153 Å². The van der Waals surface area contributed by atoms with Gasteiger partial charge < -0.3 is 4.90 Å². The lowest BCUT2D eigenvalue weighted by atomic mass is 9.77. The second-order valence-corrected chi connectivity index (χ2v) is 22.9. The Morgan fingerprint density at radius 3 is 2.18 bits per heavy atom. The van der Waals surface area contributed by atoms with Gasteiger partial charge in [-0.15, -0.1) is 0 Å². The van der Waals surface area contributed by atoms with Crippen LogP contribution in [-0.4, -0.2) is 44.3 Å². The highest BCUT2D eigenvalue weighted by atomic mass is 32.2. The number of unbranched alkanes of at least 4 members (excludes halogenated alkanes) is 3. The number of anilines is 1. The van der Waals surface area contributed by atoms with E-state index in [1.165, 1.54) is 81.2 Å². The molecule has 1 aliphatic heterocycles. The number of benzene rings is 4. The van der Waals surface area contributed by atoms with Gasteiger partial charge in [-0.25, -0.2) is 0 Å². The van der Waals surface area contributed by atoms with Gasteiger partial charge in [-0.2, -0.15) is 16.8 Å². The van der Waals surface area contributed by atoms with Gasteiger partial charge in [0.1, 0.15) is 0 Å². The average Bonchev–Trinajstić information content (AvgIpc) is 3.75. The quantitative estimate of drug-likeness (QED) is 0.102. The monoisotopic (exact) mass is 863 g/mol. The molecule has 326 valence electrons. The molecule has 0 saturated heterocycles. The minimum atomic E-state index is -4.37. The summed E-state index contributed by atoms with van der Waals surface area (Å²) in [4.78, 5) is 2.19. The first kappa shape index (κ1) is 45.0. The zero-order valence-corrected chi connectivity index (χ0v) is 39.2. The maximum absolute atomic E-state index is 12.1. The molecule has 2 unspecified atom stereocenters. The van der Waals surface area contributed by atoms with Crippen molar-refractivity contribution in [3.63, 3.8) is 0 Å². The zero-order chi connectivity index (χ0) is 44.3. The fraction of sp³-hybridized carbons (Fsp3) is 0.462. The van der Waals surface area contributed by atoms with Gasteiger partial charge in [-0.05, 0) is 118 Å². The van der Waals surface area contributed by atoms with Gasteiger partial charge in [0.15, 0.2) is 0 Å². The van der Waals surface area contributed by atoms with Crippen LogP contribution in [0, 0.1) is 12.3 Å². The topological polar surface area (TPSA) is 112 Å². The summed E-state index contributed by atoms with van der Waals surface area (Å²) in [5, 5.41) is 4.32. The van der Waals surface area contributed by atoms with Crippen molar-refractivity contribution in [2.45, 2.75) is 141 Å². The Morgan fingerprint density at radius 1 is 0.803 bits per heavy atom. The lowest BCUT2D eigenvalue weighted by Crippen LogP contribution is -2.40. The van der Waals surface area contributed by atoms with Gasteiger partial charge in [0.25, 0.3) is 20.2 Å². The van der Waals surface area contributed by atoms with Crippen molar-refractivity contribution in [3.8, 4) is 0 Å². The summed E-state index contributed by atoms with van der Waals surface area (Å²) >= 11 is 0. The van der Waals surface area contributed by atoms with Gasteiger partial charge in [0, 0.05) is 29.0 Å². The number of aryl methyl sites for hydroxylation is 1. The van der Waals surface area contributed by atoms with Crippen LogP contribution in [-0.2, 0) is 31.1 Å². The predicted molar refractivity (Wildman–Crippen MR) is 253 cm³/mol. The molecule has 0 radical (unpaired) electrons. The molecule has 0 aromatic heterocycles. The highest BCUT2D eigenvalue weighted by molar-refractivity contribution is 7.86. The third kappa shape index (κ3) is 8.82. The van der Waals surface area contributed by atoms with E-state index >= 15 is 0 Å². The van der Waals surface area contributed by atoms with Crippen LogP contribution in [0.5, 0.6) is 0 Å². The Kier molecular flexibility index (Phi) is 12.2. The molecule has 1 heterocycles. The van der Waals surface area contributed by atoms with Gasteiger partial charge in [0.05, 0.1) is 16.7 Å². The molecule has 4 aromatic carbocycles.